The number of hydrogen-bond acceptors (Lipinski definition) is 8. The van der Waals surface area contributed by atoms with Crippen molar-refractivity contribution in [2.45, 2.75) is 4.90 Å². The molecule has 2 aliphatic heterocycles. The van der Waals surface area contributed by atoms with Gasteiger partial charge in [0.25, 0.3) is 5.91 Å². The molecule has 0 saturated carbocycles. The van der Waals surface area contributed by atoms with Gasteiger partial charge in [0.15, 0.2) is 5.82 Å². The predicted molar refractivity (Wildman–Crippen MR) is 129 cm³/mol. The Kier molecular flexibility index (Phi) is 6.71. The molecule has 0 N–H and O–H groups in total. The van der Waals surface area contributed by atoms with Crippen molar-refractivity contribution in [3.05, 3.63) is 66.5 Å². The Labute approximate surface area is 204 Å². The summed E-state index contributed by atoms with van der Waals surface area (Å²) in [4.78, 5) is 21.1. The highest BCUT2D eigenvalue weighted by molar-refractivity contribution is 7.89. The molecule has 0 bridgehead atoms. The van der Waals surface area contributed by atoms with Crippen LogP contribution in [0.5, 0.6) is 0 Å². The molecule has 5 rings (SSSR count). The van der Waals surface area contributed by atoms with Gasteiger partial charge in [-0.1, -0.05) is 0 Å². The molecule has 10 nitrogen and oxygen atoms in total. The quantitative estimate of drug-likeness (QED) is 0.525. The lowest BCUT2D eigenvalue weighted by molar-refractivity contribution is 0.0730. The van der Waals surface area contributed by atoms with Crippen molar-refractivity contribution in [3.8, 4) is 11.3 Å². The molecule has 0 unspecified atom stereocenters. The van der Waals surface area contributed by atoms with Crippen molar-refractivity contribution in [3.63, 3.8) is 0 Å². The van der Waals surface area contributed by atoms with Gasteiger partial charge in [-0.05, 0) is 48.5 Å². The van der Waals surface area contributed by atoms with Crippen molar-refractivity contribution < 1.29 is 17.9 Å². The summed E-state index contributed by atoms with van der Waals surface area (Å²) in [6, 6.07) is 13.8. The van der Waals surface area contributed by atoms with E-state index >= 15 is 0 Å². The van der Waals surface area contributed by atoms with Crippen molar-refractivity contribution in [1.82, 2.24) is 24.4 Å². The largest absolute Gasteiger partial charge is 0.379 e. The number of rotatable bonds is 5. The lowest BCUT2D eigenvalue weighted by atomic mass is 10.1. The second-order valence-electron chi connectivity index (χ2n) is 8.33. The third-order valence-electron chi connectivity index (χ3n) is 6.23. The van der Waals surface area contributed by atoms with Gasteiger partial charge in [-0.3, -0.25) is 9.78 Å². The highest BCUT2D eigenvalue weighted by atomic mass is 32.2. The first kappa shape index (κ1) is 23.3. The summed E-state index contributed by atoms with van der Waals surface area (Å²) in [5.74, 6) is 0.659. The molecule has 2 fully saturated rings. The second kappa shape index (κ2) is 10.1. The number of amides is 1. The lowest BCUT2D eigenvalue weighted by Crippen LogP contribution is -2.49. The standard InChI is InChI=1S/C24H26N6O4S/c31-24(20-1-3-21(4-2-20)35(32,33)30-15-17-34-18-16-30)29-13-11-28(12-14-29)23-6-5-22(26-27-23)19-7-9-25-10-8-19/h1-10H,11-18H2. The van der Waals surface area contributed by atoms with Crippen LogP contribution in [0.3, 0.4) is 0 Å². The van der Waals surface area contributed by atoms with E-state index in [-0.39, 0.29) is 10.8 Å². The van der Waals surface area contributed by atoms with Crippen LogP contribution in [0.1, 0.15) is 10.4 Å². The van der Waals surface area contributed by atoms with Crippen LogP contribution in [0.25, 0.3) is 11.3 Å². The Morgan fingerprint density at radius 2 is 1.49 bits per heavy atom. The second-order valence-corrected chi connectivity index (χ2v) is 10.3. The average Bonchev–Trinajstić information content (AvgIpc) is 2.94. The summed E-state index contributed by atoms with van der Waals surface area (Å²) in [5.41, 5.74) is 2.21. The molecule has 0 radical (unpaired) electrons. The van der Waals surface area contributed by atoms with Crippen LogP contribution in [0.4, 0.5) is 5.82 Å². The molecule has 2 aliphatic rings. The van der Waals surface area contributed by atoms with Gasteiger partial charge in [-0.25, -0.2) is 8.42 Å². The number of hydrogen-bond donors (Lipinski definition) is 0. The van der Waals surface area contributed by atoms with Crippen LogP contribution in [0.2, 0.25) is 0 Å². The van der Waals surface area contributed by atoms with E-state index in [1.54, 1.807) is 29.4 Å². The zero-order chi connectivity index (χ0) is 24.3. The maximum atomic E-state index is 13.0. The van der Waals surface area contributed by atoms with Gasteiger partial charge in [0.2, 0.25) is 10.0 Å². The van der Waals surface area contributed by atoms with Crippen molar-refractivity contribution >= 4 is 21.7 Å². The average molecular weight is 495 g/mol. The fourth-order valence-corrected chi connectivity index (χ4v) is 5.61. The first-order chi connectivity index (χ1) is 17.0. The van der Waals surface area contributed by atoms with Crippen molar-refractivity contribution in [1.29, 1.82) is 0 Å². The van der Waals surface area contributed by atoms with Gasteiger partial charge >= 0.3 is 0 Å². The molecular weight excluding hydrogens is 468 g/mol. The highest BCUT2D eigenvalue weighted by Gasteiger charge is 2.27. The number of carbonyl (C=O) groups excluding carboxylic acids is 1. The maximum Gasteiger partial charge on any atom is 0.253 e. The van der Waals surface area contributed by atoms with Gasteiger partial charge < -0.3 is 14.5 Å². The summed E-state index contributed by atoms with van der Waals surface area (Å²) in [5, 5.41) is 8.69. The first-order valence-corrected chi connectivity index (χ1v) is 12.9. The van der Waals surface area contributed by atoms with Crippen LogP contribution in [0, 0.1) is 0 Å². The molecule has 4 heterocycles. The Morgan fingerprint density at radius 3 is 2.11 bits per heavy atom. The van der Waals surface area contributed by atoms with E-state index in [9.17, 15) is 13.2 Å². The summed E-state index contributed by atoms with van der Waals surface area (Å²) in [6.07, 6.45) is 3.44. The molecule has 2 aromatic heterocycles. The molecule has 11 heteroatoms. The lowest BCUT2D eigenvalue weighted by Gasteiger charge is -2.35. The first-order valence-electron chi connectivity index (χ1n) is 11.5. The van der Waals surface area contributed by atoms with Gasteiger partial charge in [0.1, 0.15) is 0 Å². The number of piperazine rings is 1. The third kappa shape index (κ3) is 5.02. The zero-order valence-corrected chi connectivity index (χ0v) is 20.0. The van der Waals surface area contributed by atoms with Crippen LogP contribution in [-0.4, -0.2) is 91.2 Å². The minimum atomic E-state index is -3.58. The van der Waals surface area contributed by atoms with E-state index in [4.69, 9.17) is 4.74 Å². The maximum absolute atomic E-state index is 13.0. The van der Waals surface area contributed by atoms with Crippen LogP contribution >= 0.6 is 0 Å². The number of benzene rings is 1. The molecule has 1 amide bonds. The SMILES string of the molecule is O=C(c1ccc(S(=O)(=O)N2CCOCC2)cc1)N1CCN(c2ccc(-c3ccncc3)nn2)CC1. The summed E-state index contributed by atoms with van der Waals surface area (Å²) in [7, 11) is -3.58. The van der Waals surface area contributed by atoms with Crippen LogP contribution in [-0.2, 0) is 14.8 Å². The molecule has 2 saturated heterocycles. The number of anilines is 1. The minimum absolute atomic E-state index is 0.112. The molecule has 0 aliphatic carbocycles. The van der Waals surface area contributed by atoms with E-state index in [1.165, 1.54) is 16.4 Å². The molecular formula is C24H26N6O4S. The normalized spacial score (nSPS) is 17.4. The van der Waals surface area contributed by atoms with Gasteiger partial charge in [0.05, 0.1) is 23.8 Å². The zero-order valence-electron chi connectivity index (χ0n) is 19.2. The van der Waals surface area contributed by atoms with E-state index in [2.05, 4.69) is 20.1 Å². The van der Waals surface area contributed by atoms with Crippen LogP contribution < -0.4 is 4.90 Å². The van der Waals surface area contributed by atoms with E-state index in [0.717, 1.165) is 17.1 Å². The fraction of sp³-hybridized carbons (Fsp3) is 0.333. The van der Waals surface area contributed by atoms with E-state index < -0.39 is 10.0 Å². The summed E-state index contributed by atoms with van der Waals surface area (Å²) in [6.45, 7) is 3.82. The number of carbonyl (C=O) groups is 1. The van der Waals surface area contributed by atoms with Gasteiger partial charge in [-0.2, -0.15) is 4.31 Å². The molecule has 1 aromatic carbocycles. The number of nitrogens with zero attached hydrogens (tertiary/aromatic N) is 6. The van der Waals surface area contributed by atoms with Gasteiger partial charge in [0, 0.05) is 62.8 Å². The number of aromatic nitrogens is 3. The fourth-order valence-electron chi connectivity index (χ4n) is 4.20. The molecule has 182 valence electrons. The Morgan fingerprint density at radius 1 is 0.800 bits per heavy atom. The number of morpholine rings is 1. The Bertz CT molecular complexity index is 1260. The number of sulfonamides is 1. The molecule has 3 aromatic rings. The predicted octanol–water partition coefficient (Wildman–Crippen LogP) is 1.52. The third-order valence-corrected chi connectivity index (χ3v) is 8.14. The Hall–Kier alpha value is -3.41. The smallest absolute Gasteiger partial charge is 0.253 e. The summed E-state index contributed by atoms with van der Waals surface area (Å²) < 4.78 is 32.3. The number of pyridine rings is 1. The summed E-state index contributed by atoms with van der Waals surface area (Å²) >= 11 is 0. The van der Waals surface area contributed by atoms with E-state index in [1.807, 2.05) is 24.3 Å². The molecule has 0 atom stereocenters. The van der Waals surface area contributed by atoms with E-state index in [0.29, 0.717) is 58.0 Å². The molecule has 35 heavy (non-hydrogen) atoms. The topological polar surface area (TPSA) is 109 Å². The monoisotopic (exact) mass is 494 g/mol. The van der Waals surface area contributed by atoms with Gasteiger partial charge in [-0.15, -0.1) is 10.2 Å². The molecule has 0 spiro atoms. The van der Waals surface area contributed by atoms with Crippen LogP contribution in [0.15, 0.2) is 65.8 Å². The van der Waals surface area contributed by atoms with Crippen molar-refractivity contribution in [2.24, 2.45) is 0 Å². The highest BCUT2D eigenvalue weighted by Crippen LogP contribution is 2.21. The Balaban J connectivity index is 1.19. The van der Waals surface area contributed by atoms with Crippen molar-refractivity contribution in [2.75, 3.05) is 57.4 Å². The number of ether oxygens (including phenoxy) is 1. The minimum Gasteiger partial charge on any atom is -0.379 e.